The topological polar surface area (TPSA) is 20.2 Å². The summed E-state index contributed by atoms with van der Waals surface area (Å²) in [6.07, 6.45) is 5.87. The summed E-state index contributed by atoms with van der Waals surface area (Å²) in [5.41, 5.74) is 5.76. The van der Waals surface area contributed by atoms with Crippen molar-refractivity contribution in [1.29, 1.82) is 0 Å². The van der Waals surface area contributed by atoms with Gasteiger partial charge in [0.15, 0.2) is 0 Å². The van der Waals surface area contributed by atoms with Gasteiger partial charge < -0.3 is 5.11 Å². The van der Waals surface area contributed by atoms with Gasteiger partial charge >= 0.3 is 0 Å². The standard InChI is InChI=1S/C22H30O/c1-5-6-7-8-10-18-11-9-12-21(22(18)23)20-14-13-19(16(2)3)15-17(20)4/h9,11-16,23H,5-8,10H2,1-4H3. The summed E-state index contributed by atoms with van der Waals surface area (Å²) in [5.74, 6) is 0.991. The molecular weight excluding hydrogens is 280 g/mol. The minimum atomic E-state index is 0.462. The number of rotatable bonds is 7. The zero-order valence-electron chi connectivity index (χ0n) is 15.0. The van der Waals surface area contributed by atoms with E-state index in [2.05, 4.69) is 58.0 Å². The second-order valence-electron chi connectivity index (χ2n) is 6.85. The second kappa shape index (κ2) is 8.19. The number of aromatic hydroxyl groups is 1. The predicted octanol–water partition coefficient (Wildman–Crippen LogP) is 6.61. The molecular formula is C22H30O. The molecule has 0 bridgehead atoms. The van der Waals surface area contributed by atoms with E-state index >= 15 is 0 Å². The summed E-state index contributed by atoms with van der Waals surface area (Å²) in [6, 6.07) is 12.7. The summed E-state index contributed by atoms with van der Waals surface area (Å²) >= 11 is 0. The van der Waals surface area contributed by atoms with Crippen molar-refractivity contribution in [2.45, 2.75) is 65.7 Å². The molecule has 0 saturated heterocycles. The predicted molar refractivity (Wildman–Crippen MR) is 100 cm³/mol. The first kappa shape index (κ1) is 17.6. The van der Waals surface area contributed by atoms with Crippen LogP contribution in [0.5, 0.6) is 5.75 Å². The molecule has 2 rings (SSSR count). The Bertz CT molecular complexity index is 640. The van der Waals surface area contributed by atoms with Gasteiger partial charge in [-0.05, 0) is 47.9 Å². The summed E-state index contributed by atoms with van der Waals surface area (Å²) in [5, 5.41) is 10.7. The molecule has 1 nitrogen and oxygen atoms in total. The van der Waals surface area contributed by atoms with Crippen molar-refractivity contribution in [3.63, 3.8) is 0 Å². The van der Waals surface area contributed by atoms with Crippen molar-refractivity contribution < 1.29 is 5.11 Å². The Kier molecular flexibility index (Phi) is 6.27. The fraction of sp³-hybridized carbons (Fsp3) is 0.455. The number of para-hydroxylation sites is 1. The van der Waals surface area contributed by atoms with E-state index in [-0.39, 0.29) is 0 Å². The fourth-order valence-electron chi connectivity index (χ4n) is 3.10. The minimum absolute atomic E-state index is 0.462. The SMILES string of the molecule is CCCCCCc1cccc(-c2ccc(C(C)C)cc2C)c1O. The second-order valence-corrected chi connectivity index (χ2v) is 6.85. The highest BCUT2D eigenvalue weighted by Crippen LogP contribution is 2.35. The van der Waals surface area contributed by atoms with Crippen LogP contribution in [0.3, 0.4) is 0 Å². The molecule has 0 spiro atoms. The Morgan fingerprint density at radius 2 is 1.74 bits per heavy atom. The molecule has 0 aliphatic rings. The van der Waals surface area contributed by atoms with E-state index in [1.165, 1.54) is 30.4 Å². The van der Waals surface area contributed by atoms with E-state index in [4.69, 9.17) is 0 Å². The van der Waals surface area contributed by atoms with Gasteiger partial charge in [-0.1, -0.05) is 76.4 Å². The van der Waals surface area contributed by atoms with Gasteiger partial charge in [-0.2, -0.15) is 0 Å². The number of unbranched alkanes of at least 4 members (excludes halogenated alkanes) is 3. The molecule has 1 N–H and O–H groups in total. The Morgan fingerprint density at radius 1 is 0.957 bits per heavy atom. The summed E-state index contributed by atoms with van der Waals surface area (Å²) < 4.78 is 0. The highest BCUT2D eigenvalue weighted by Gasteiger charge is 2.12. The first-order chi connectivity index (χ1) is 11.0. The summed E-state index contributed by atoms with van der Waals surface area (Å²) in [6.45, 7) is 8.78. The zero-order valence-corrected chi connectivity index (χ0v) is 15.0. The van der Waals surface area contributed by atoms with Crippen LogP contribution >= 0.6 is 0 Å². The molecule has 0 fully saturated rings. The molecule has 0 aliphatic carbocycles. The number of benzene rings is 2. The van der Waals surface area contributed by atoms with E-state index in [0.717, 1.165) is 29.5 Å². The first-order valence-electron chi connectivity index (χ1n) is 8.96. The van der Waals surface area contributed by atoms with Crippen molar-refractivity contribution in [2.75, 3.05) is 0 Å². The molecule has 0 atom stereocenters. The molecule has 0 aromatic heterocycles. The highest BCUT2D eigenvalue weighted by molar-refractivity contribution is 5.74. The van der Waals surface area contributed by atoms with E-state index in [1.54, 1.807) is 0 Å². The van der Waals surface area contributed by atoms with E-state index in [0.29, 0.717) is 11.7 Å². The van der Waals surface area contributed by atoms with Crippen LogP contribution in [0.2, 0.25) is 0 Å². The van der Waals surface area contributed by atoms with Crippen LogP contribution in [0.15, 0.2) is 36.4 Å². The lowest BCUT2D eigenvalue weighted by Gasteiger charge is -2.14. The van der Waals surface area contributed by atoms with Gasteiger partial charge in [-0.15, -0.1) is 0 Å². The van der Waals surface area contributed by atoms with Crippen molar-refractivity contribution in [2.24, 2.45) is 0 Å². The largest absolute Gasteiger partial charge is 0.507 e. The van der Waals surface area contributed by atoms with Crippen LogP contribution in [-0.2, 0) is 6.42 Å². The first-order valence-corrected chi connectivity index (χ1v) is 8.96. The summed E-state index contributed by atoms with van der Waals surface area (Å²) in [4.78, 5) is 0. The highest BCUT2D eigenvalue weighted by atomic mass is 16.3. The Labute approximate surface area is 141 Å². The quantitative estimate of drug-likeness (QED) is 0.570. The molecule has 124 valence electrons. The molecule has 0 saturated carbocycles. The molecule has 23 heavy (non-hydrogen) atoms. The van der Waals surface area contributed by atoms with Gasteiger partial charge in [0.2, 0.25) is 0 Å². The van der Waals surface area contributed by atoms with Crippen LogP contribution in [0.25, 0.3) is 11.1 Å². The van der Waals surface area contributed by atoms with Crippen molar-refractivity contribution in [3.8, 4) is 16.9 Å². The molecule has 1 heteroatoms. The molecule has 2 aromatic carbocycles. The third kappa shape index (κ3) is 4.37. The maximum Gasteiger partial charge on any atom is 0.126 e. The molecule has 0 amide bonds. The lowest BCUT2D eigenvalue weighted by Crippen LogP contribution is -1.93. The Balaban J connectivity index is 2.26. The fourth-order valence-corrected chi connectivity index (χ4v) is 3.10. The normalized spacial score (nSPS) is 11.2. The van der Waals surface area contributed by atoms with Crippen molar-refractivity contribution in [3.05, 3.63) is 53.1 Å². The van der Waals surface area contributed by atoms with Gasteiger partial charge in [0.1, 0.15) is 5.75 Å². The van der Waals surface area contributed by atoms with E-state index < -0.39 is 0 Å². The van der Waals surface area contributed by atoms with Crippen molar-refractivity contribution >= 4 is 0 Å². The molecule has 0 heterocycles. The maximum atomic E-state index is 10.7. The monoisotopic (exact) mass is 310 g/mol. The number of hydrogen-bond acceptors (Lipinski definition) is 1. The third-order valence-electron chi connectivity index (χ3n) is 4.63. The maximum absolute atomic E-state index is 10.7. The molecule has 2 aromatic rings. The number of phenolic OH excluding ortho intramolecular Hbond substituents is 1. The van der Waals surface area contributed by atoms with Crippen LogP contribution in [0, 0.1) is 6.92 Å². The average molecular weight is 310 g/mol. The summed E-state index contributed by atoms with van der Waals surface area (Å²) in [7, 11) is 0. The van der Waals surface area contributed by atoms with Crippen LogP contribution in [0.4, 0.5) is 0 Å². The average Bonchev–Trinajstić information content (AvgIpc) is 2.53. The minimum Gasteiger partial charge on any atom is -0.507 e. The number of hydrogen-bond donors (Lipinski definition) is 1. The van der Waals surface area contributed by atoms with Gasteiger partial charge in [-0.25, -0.2) is 0 Å². The van der Waals surface area contributed by atoms with E-state index in [9.17, 15) is 5.11 Å². The lowest BCUT2D eigenvalue weighted by atomic mass is 9.92. The van der Waals surface area contributed by atoms with Crippen LogP contribution in [0.1, 0.15) is 69.1 Å². The van der Waals surface area contributed by atoms with Gasteiger partial charge in [0, 0.05) is 5.56 Å². The molecule has 0 unspecified atom stereocenters. The lowest BCUT2D eigenvalue weighted by molar-refractivity contribution is 0.468. The van der Waals surface area contributed by atoms with Crippen LogP contribution < -0.4 is 0 Å². The van der Waals surface area contributed by atoms with Crippen LogP contribution in [-0.4, -0.2) is 5.11 Å². The number of phenols is 1. The third-order valence-corrected chi connectivity index (χ3v) is 4.63. The smallest absolute Gasteiger partial charge is 0.126 e. The Hall–Kier alpha value is -1.76. The molecule has 0 aliphatic heterocycles. The number of aryl methyl sites for hydroxylation is 2. The molecule has 0 radical (unpaired) electrons. The zero-order chi connectivity index (χ0) is 16.8. The Morgan fingerprint density at radius 3 is 2.39 bits per heavy atom. The van der Waals surface area contributed by atoms with Gasteiger partial charge in [-0.3, -0.25) is 0 Å². The van der Waals surface area contributed by atoms with Crippen molar-refractivity contribution in [1.82, 2.24) is 0 Å². The van der Waals surface area contributed by atoms with Gasteiger partial charge in [0.25, 0.3) is 0 Å². The van der Waals surface area contributed by atoms with E-state index in [1.807, 2.05) is 6.07 Å². The van der Waals surface area contributed by atoms with Gasteiger partial charge in [0.05, 0.1) is 0 Å².